The van der Waals surface area contributed by atoms with Gasteiger partial charge in [-0.2, -0.15) is 0 Å². The SMILES string of the molecule is CN(CCCC(=O)O)C(=O)NC1CC1. The van der Waals surface area contributed by atoms with E-state index in [-0.39, 0.29) is 12.5 Å². The van der Waals surface area contributed by atoms with Gasteiger partial charge in [0.15, 0.2) is 0 Å². The van der Waals surface area contributed by atoms with E-state index in [4.69, 9.17) is 5.11 Å². The van der Waals surface area contributed by atoms with Crippen molar-refractivity contribution in [2.24, 2.45) is 0 Å². The molecule has 0 aliphatic heterocycles. The zero-order valence-corrected chi connectivity index (χ0v) is 8.32. The van der Waals surface area contributed by atoms with Crippen LogP contribution in [0.5, 0.6) is 0 Å². The van der Waals surface area contributed by atoms with Crippen LogP contribution in [0.3, 0.4) is 0 Å². The topological polar surface area (TPSA) is 69.6 Å². The fraction of sp³-hybridized carbons (Fsp3) is 0.778. The minimum atomic E-state index is -0.819. The Morgan fingerprint density at radius 2 is 2.14 bits per heavy atom. The summed E-state index contributed by atoms with van der Waals surface area (Å²) in [6.45, 7) is 0.491. The third-order valence-electron chi connectivity index (χ3n) is 2.14. The standard InChI is InChI=1S/C9H16N2O3/c1-11(6-2-3-8(12)13)9(14)10-7-4-5-7/h7H,2-6H2,1H3,(H,10,14)(H,12,13). The maximum Gasteiger partial charge on any atom is 0.317 e. The summed E-state index contributed by atoms with van der Waals surface area (Å²) in [5.41, 5.74) is 0. The van der Waals surface area contributed by atoms with Crippen LogP contribution in [-0.4, -0.2) is 41.6 Å². The van der Waals surface area contributed by atoms with Crippen molar-refractivity contribution in [2.75, 3.05) is 13.6 Å². The van der Waals surface area contributed by atoms with Gasteiger partial charge in [-0.15, -0.1) is 0 Å². The average Bonchev–Trinajstić information content (AvgIpc) is 2.87. The average molecular weight is 200 g/mol. The van der Waals surface area contributed by atoms with Crippen molar-refractivity contribution in [3.8, 4) is 0 Å². The molecule has 2 amide bonds. The van der Waals surface area contributed by atoms with Crippen molar-refractivity contribution in [2.45, 2.75) is 31.7 Å². The highest BCUT2D eigenvalue weighted by Crippen LogP contribution is 2.18. The van der Waals surface area contributed by atoms with Crippen molar-refractivity contribution in [1.29, 1.82) is 0 Å². The minimum absolute atomic E-state index is 0.0992. The first-order chi connectivity index (χ1) is 6.59. The molecule has 5 heteroatoms. The number of carboxylic acids is 1. The second-order valence-corrected chi connectivity index (χ2v) is 3.64. The first kappa shape index (κ1) is 10.8. The Hall–Kier alpha value is -1.26. The lowest BCUT2D eigenvalue weighted by atomic mass is 10.3. The van der Waals surface area contributed by atoms with Gasteiger partial charge in [0.1, 0.15) is 0 Å². The van der Waals surface area contributed by atoms with Gasteiger partial charge >= 0.3 is 12.0 Å². The number of urea groups is 1. The third-order valence-corrected chi connectivity index (χ3v) is 2.14. The molecular formula is C9H16N2O3. The van der Waals surface area contributed by atoms with E-state index in [1.54, 1.807) is 7.05 Å². The highest BCUT2D eigenvalue weighted by atomic mass is 16.4. The summed E-state index contributed by atoms with van der Waals surface area (Å²) in [5.74, 6) is -0.819. The molecule has 0 aromatic carbocycles. The summed E-state index contributed by atoms with van der Waals surface area (Å²) in [6.07, 6.45) is 2.74. The van der Waals surface area contributed by atoms with Gasteiger partial charge in [-0.1, -0.05) is 0 Å². The van der Waals surface area contributed by atoms with E-state index in [1.807, 2.05) is 0 Å². The quantitative estimate of drug-likeness (QED) is 0.684. The summed E-state index contributed by atoms with van der Waals surface area (Å²) < 4.78 is 0. The minimum Gasteiger partial charge on any atom is -0.481 e. The van der Waals surface area contributed by atoms with Crippen molar-refractivity contribution in [1.82, 2.24) is 10.2 Å². The largest absolute Gasteiger partial charge is 0.481 e. The number of hydrogen-bond acceptors (Lipinski definition) is 2. The second-order valence-electron chi connectivity index (χ2n) is 3.64. The lowest BCUT2D eigenvalue weighted by molar-refractivity contribution is -0.137. The molecule has 0 saturated heterocycles. The number of carbonyl (C=O) groups is 2. The van der Waals surface area contributed by atoms with Crippen molar-refractivity contribution >= 4 is 12.0 Å². The molecule has 0 radical (unpaired) electrons. The molecule has 0 spiro atoms. The first-order valence-electron chi connectivity index (χ1n) is 4.83. The highest BCUT2D eigenvalue weighted by molar-refractivity contribution is 5.74. The van der Waals surface area contributed by atoms with Crippen LogP contribution in [0, 0.1) is 0 Å². The lowest BCUT2D eigenvalue weighted by Gasteiger charge is -2.16. The smallest absolute Gasteiger partial charge is 0.317 e. The van der Waals surface area contributed by atoms with E-state index in [1.165, 1.54) is 4.90 Å². The fourth-order valence-corrected chi connectivity index (χ4v) is 1.08. The van der Waals surface area contributed by atoms with Crippen LogP contribution in [0.4, 0.5) is 4.79 Å². The monoisotopic (exact) mass is 200 g/mol. The number of nitrogens with one attached hydrogen (secondary N) is 1. The van der Waals surface area contributed by atoms with Crippen LogP contribution in [0.25, 0.3) is 0 Å². The summed E-state index contributed by atoms with van der Waals surface area (Å²) in [6, 6.07) is 0.252. The Labute approximate surface area is 83.1 Å². The number of nitrogens with zero attached hydrogens (tertiary/aromatic N) is 1. The van der Waals surface area contributed by atoms with Crippen LogP contribution in [0.15, 0.2) is 0 Å². The molecule has 1 fully saturated rings. The normalized spacial score (nSPS) is 14.9. The van der Waals surface area contributed by atoms with Gasteiger partial charge in [0, 0.05) is 26.1 Å². The van der Waals surface area contributed by atoms with Crippen molar-refractivity contribution < 1.29 is 14.7 Å². The number of carboxylic acid groups (broad SMARTS) is 1. The summed E-state index contributed by atoms with van der Waals surface area (Å²) in [4.78, 5) is 23.1. The van der Waals surface area contributed by atoms with E-state index in [0.717, 1.165) is 12.8 Å². The summed E-state index contributed by atoms with van der Waals surface area (Å²) >= 11 is 0. The van der Waals surface area contributed by atoms with E-state index in [2.05, 4.69) is 5.32 Å². The molecule has 0 unspecified atom stereocenters. The summed E-state index contributed by atoms with van der Waals surface area (Å²) in [5, 5.41) is 11.2. The molecule has 2 N–H and O–H groups in total. The number of amides is 2. The maximum atomic E-state index is 11.3. The third kappa shape index (κ3) is 4.11. The zero-order chi connectivity index (χ0) is 10.6. The van der Waals surface area contributed by atoms with Gasteiger partial charge in [0.2, 0.25) is 0 Å². The predicted molar refractivity (Wildman–Crippen MR) is 51.1 cm³/mol. The molecular weight excluding hydrogens is 184 g/mol. The molecule has 0 atom stereocenters. The molecule has 1 aliphatic carbocycles. The van der Waals surface area contributed by atoms with E-state index in [9.17, 15) is 9.59 Å². The fourth-order valence-electron chi connectivity index (χ4n) is 1.08. The molecule has 1 aliphatic rings. The number of hydrogen-bond donors (Lipinski definition) is 2. The van der Waals surface area contributed by atoms with Crippen LogP contribution in [-0.2, 0) is 4.79 Å². The molecule has 1 rings (SSSR count). The molecule has 0 heterocycles. The number of rotatable bonds is 5. The molecule has 14 heavy (non-hydrogen) atoms. The van der Waals surface area contributed by atoms with E-state index in [0.29, 0.717) is 19.0 Å². The van der Waals surface area contributed by atoms with Crippen LogP contribution >= 0.6 is 0 Å². The molecule has 0 aromatic rings. The molecule has 5 nitrogen and oxygen atoms in total. The Kier molecular flexibility index (Phi) is 3.73. The Bertz CT molecular complexity index is 226. The van der Waals surface area contributed by atoms with Gasteiger partial charge in [0.25, 0.3) is 0 Å². The predicted octanol–water partition coefficient (Wildman–Crippen LogP) is 0.655. The molecule has 0 bridgehead atoms. The highest BCUT2D eigenvalue weighted by Gasteiger charge is 2.24. The van der Waals surface area contributed by atoms with Crippen molar-refractivity contribution in [3.63, 3.8) is 0 Å². The number of aliphatic carboxylic acids is 1. The van der Waals surface area contributed by atoms with Gasteiger partial charge in [-0.25, -0.2) is 4.79 Å². The molecule has 1 saturated carbocycles. The van der Waals surface area contributed by atoms with Gasteiger partial charge < -0.3 is 15.3 Å². The zero-order valence-electron chi connectivity index (χ0n) is 8.32. The van der Waals surface area contributed by atoms with E-state index >= 15 is 0 Å². The Balaban J connectivity index is 2.09. The number of carbonyl (C=O) groups excluding carboxylic acids is 1. The van der Waals surface area contributed by atoms with Gasteiger partial charge in [0.05, 0.1) is 0 Å². The van der Waals surface area contributed by atoms with Crippen LogP contribution in [0.2, 0.25) is 0 Å². The first-order valence-corrected chi connectivity index (χ1v) is 4.83. The lowest BCUT2D eigenvalue weighted by Crippen LogP contribution is -2.38. The maximum absolute atomic E-state index is 11.3. The molecule has 0 aromatic heterocycles. The second kappa shape index (κ2) is 4.83. The Morgan fingerprint density at radius 3 is 2.64 bits per heavy atom. The Morgan fingerprint density at radius 1 is 1.50 bits per heavy atom. The van der Waals surface area contributed by atoms with Gasteiger partial charge in [-0.3, -0.25) is 4.79 Å². The van der Waals surface area contributed by atoms with Crippen LogP contribution < -0.4 is 5.32 Å². The molecule has 80 valence electrons. The van der Waals surface area contributed by atoms with Crippen LogP contribution in [0.1, 0.15) is 25.7 Å². The van der Waals surface area contributed by atoms with Gasteiger partial charge in [-0.05, 0) is 19.3 Å². The van der Waals surface area contributed by atoms with E-state index < -0.39 is 5.97 Å². The van der Waals surface area contributed by atoms with Crippen molar-refractivity contribution in [3.05, 3.63) is 0 Å². The summed E-state index contributed by atoms with van der Waals surface area (Å²) in [7, 11) is 1.68.